The molecule has 0 aliphatic heterocycles. The van der Waals surface area contributed by atoms with Crippen LogP contribution < -0.4 is 5.73 Å². The lowest BCUT2D eigenvalue weighted by Gasteiger charge is -2.37. The number of hydrogen-bond acceptors (Lipinski definition) is 4. The first-order valence-electron chi connectivity index (χ1n) is 7.01. The number of nitrogen functional groups attached to an aromatic ring is 1. The smallest absolute Gasteiger partial charge is 0.266 e. The molecule has 1 aliphatic rings. The minimum atomic E-state index is -0.364. The van der Waals surface area contributed by atoms with Crippen molar-refractivity contribution in [3.8, 4) is 0 Å². The highest BCUT2D eigenvalue weighted by Gasteiger charge is 2.31. The molecule has 3 N–H and O–H groups in total. The highest BCUT2D eigenvalue weighted by atomic mass is 32.1. The highest BCUT2D eigenvalue weighted by Crippen LogP contribution is 2.36. The SMILES string of the molecule is Nc1c(C(=O)N(CCO)C2CCC2)sc2ccc(F)cc12. The van der Waals surface area contributed by atoms with Gasteiger partial charge in [-0.2, -0.15) is 0 Å². The molecule has 4 nitrogen and oxygen atoms in total. The van der Waals surface area contributed by atoms with Crippen molar-refractivity contribution in [3.63, 3.8) is 0 Å². The van der Waals surface area contributed by atoms with Crippen LogP contribution in [0.4, 0.5) is 10.1 Å². The van der Waals surface area contributed by atoms with Crippen LogP contribution in [0.15, 0.2) is 18.2 Å². The zero-order valence-corrected chi connectivity index (χ0v) is 12.3. The number of rotatable bonds is 4. The molecule has 6 heteroatoms. The summed E-state index contributed by atoms with van der Waals surface area (Å²) in [7, 11) is 0. The quantitative estimate of drug-likeness (QED) is 0.912. The second-order valence-electron chi connectivity index (χ2n) is 5.29. The molecule has 1 fully saturated rings. The number of amides is 1. The fraction of sp³-hybridized carbons (Fsp3) is 0.400. The number of nitrogens with two attached hydrogens (primary N) is 1. The van der Waals surface area contributed by atoms with Crippen LogP contribution in [0, 0.1) is 5.82 Å². The van der Waals surface area contributed by atoms with Crippen LogP contribution in [0.5, 0.6) is 0 Å². The van der Waals surface area contributed by atoms with Gasteiger partial charge >= 0.3 is 0 Å². The van der Waals surface area contributed by atoms with E-state index in [1.165, 1.54) is 23.5 Å². The number of halogens is 1. The third-order valence-corrected chi connectivity index (χ3v) is 5.17. The maximum atomic E-state index is 13.3. The normalized spacial score (nSPS) is 15.1. The largest absolute Gasteiger partial charge is 0.397 e. The molecular formula is C15H17FN2O2S. The van der Waals surface area contributed by atoms with Gasteiger partial charge in [0.1, 0.15) is 10.7 Å². The van der Waals surface area contributed by atoms with E-state index < -0.39 is 0 Å². The average molecular weight is 308 g/mol. The number of benzene rings is 1. The van der Waals surface area contributed by atoms with Gasteiger partial charge in [0.25, 0.3) is 5.91 Å². The number of aliphatic hydroxyl groups is 1. The van der Waals surface area contributed by atoms with E-state index in [-0.39, 0.29) is 24.4 Å². The maximum absolute atomic E-state index is 13.3. The van der Waals surface area contributed by atoms with Crippen molar-refractivity contribution in [2.45, 2.75) is 25.3 Å². The first kappa shape index (κ1) is 14.3. The molecule has 1 saturated carbocycles. The summed E-state index contributed by atoms with van der Waals surface area (Å²) in [6.07, 6.45) is 3.03. The molecule has 21 heavy (non-hydrogen) atoms. The second kappa shape index (κ2) is 5.61. The van der Waals surface area contributed by atoms with Gasteiger partial charge in [-0.05, 0) is 37.5 Å². The molecule has 1 heterocycles. The van der Waals surface area contributed by atoms with E-state index >= 15 is 0 Å². The molecule has 0 spiro atoms. The van der Waals surface area contributed by atoms with Crippen LogP contribution in [-0.4, -0.2) is 35.1 Å². The van der Waals surface area contributed by atoms with Crippen LogP contribution >= 0.6 is 11.3 Å². The number of hydrogen-bond donors (Lipinski definition) is 2. The maximum Gasteiger partial charge on any atom is 0.266 e. The second-order valence-corrected chi connectivity index (χ2v) is 6.34. The van der Waals surface area contributed by atoms with Crippen molar-refractivity contribution < 1.29 is 14.3 Å². The van der Waals surface area contributed by atoms with Crippen molar-refractivity contribution in [3.05, 3.63) is 28.9 Å². The number of thiophene rings is 1. The topological polar surface area (TPSA) is 66.6 Å². The lowest BCUT2D eigenvalue weighted by molar-refractivity contribution is 0.0531. The Labute approximate surface area is 126 Å². The lowest BCUT2D eigenvalue weighted by atomic mass is 9.91. The minimum absolute atomic E-state index is 0.0678. The predicted octanol–water partition coefficient (Wildman–Crippen LogP) is 2.61. The van der Waals surface area contributed by atoms with Gasteiger partial charge in [-0.3, -0.25) is 4.79 Å². The fourth-order valence-electron chi connectivity index (χ4n) is 2.63. The molecule has 0 radical (unpaired) electrons. The van der Waals surface area contributed by atoms with E-state index in [1.54, 1.807) is 11.0 Å². The average Bonchev–Trinajstić information content (AvgIpc) is 2.73. The van der Waals surface area contributed by atoms with E-state index in [0.29, 0.717) is 22.5 Å². The molecule has 2 aromatic rings. The Hall–Kier alpha value is -1.66. The summed E-state index contributed by atoms with van der Waals surface area (Å²) in [6.45, 7) is 0.243. The Morgan fingerprint density at radius 2 is 2.24 bits per heavy atom. The minimum Gasteiger partial charge on any atom is -0.397 e. The van der Waals surface area contributed by atoms with Gasteiger partial charge in [0.05, 0.1) is 12.3 Å². The first-order valence-corrected chi connectivity index (χ1v) is 7.83. The van der Waals surface area contributed by atoms with Crippen molar-refractivity contribution in [1.82, 2.24) is 4.90 Å². The lowest BCUT2D eigenvalue weighted by Crippen LogP contribution is -2.45. The molecule has 1 aromatic heterocycles. The number of fused-ring (bicyclic) bond motifs is 1. The monoisotopic (exact) mass is 308 g/mol. The van der Waals surface area contributed by atoms with Gasteiger partial charge in [0, 0.05) is 22.7 Å². The molecule has 0 unspecified atom stereocenters. The van der Waals surface area contributed by atoms with Crippen LogP contribution in [0.2, 0.25) is 0 Å². The zero-order chi connectivity index (χ0) is 15.0. The Bertz CT molecular complexity index is 682. The number of aliphatic hydroxyl groups excluding tert-OH is 1. The Kier molecular flexibility index (Phi) is 3.82. The van der Waals surface area contributed by atoms with Crippen LogP contribution in [-0.2, 0) is 0 Å². The van der Waals surface area contributed by atoms with Gasteiger partial charge in [0.15, 0.2) is 0 Å². The van der Waals surface area contributed by atoms with E-state index in [9.17, 15) is 14.3 Å². The number of carbonyl (C=O) groups excluding carboxylic acids is 1. The molecule has 1 aromatic carbocycles. The summed E-state index contributed by atoms with van der Waals surface area (Å²) in [4.78, 5) is 14.8. The van der Waals surface area contributed by atoms with Crippen molar-refractivity contribution >= 4 is 33.0 Å². The van der Waals surface area contributed by atoms with Crippen molar-refractivity contribution in [2.24, 2.45) is 0 Å². The molecule has 3 rings (SSSR count). The van der Waals surface area contributed by atoms with Gasteiger partial charge < -0.3 is 15.7 Å². The highest BCUT2D eigenvalue weighted by molar-refractivity contribution is 7.21. The van der Waals surface area contributed by atoms with E-state index in [1.807, 2.05) is 0 Å². The summed E-state index contributed by atoms with van der Waals surface area (Å²) in [6, 6.07) is 4.55. The van der Waals surface area contributed by atoms with Gasteiger partial charge in [0.2, 0.25) is 0 Å². The Morgan fingerprint density at radius 3 is 2.86 bits per heavy atom. The van der Waals surface area contributed by atoms with Crippen LogP contribution in [0.3, 0.4) is 0 Å². The van der Waals surface area contributed by atoms with Crippen LogP contribution in [0.1, 0.15) is 28.9 Å². The van der Waals surface area contributed by atoms with Gasteiger partial charge in [-0.25, -0.2) is 4.39 Å². The summed E-state index contributed by atoms with van der Waals surface area (Å²) in [5.41, 5.74) is 6.37. The molecular weight excluding hydrogens is 291 g/mol. The molecule has 112 valence electrons. The summed E-state index contributed by atoms with van der Waals surface area (Å²) < 4.78 is 14.1. The van der Waals surface area contributed by atoms with Crippen molar-refractivity contribution in [1.29, 1.82) is 0 Å². The number of anilines is 1. The van der Waals surface area contributed by atoms with Gasteiger partial charge in [-0.1, -0.05) is 0 Å². The van der Waals surface area contributed by atoms with Crippen molar-refractivity contribution in [2.75, 3.05) is 18.9 Å². The van der Waals surface area contributed by atoms with E-state index in [4.69, 9.17) is 5.73 Å². The Morgan fingerprint density at radius 1 is 1.48 bits per heavy atom. The first-order chi connectivity index (χ1) is 10.1. The predicted molar refractivity (Wildman–Crippen MR) is 82.0 cm³/mol. The zero-order valence-electron chi connectivity index (χ0n) is 11.5. The standard InChI is InChI=1S/C15H17FN2O2S/c16-9-4-5-12-11(8-9)13(17)14(21-12)15(20)18(6-7-19)10-2-1-3-10/h4-5,8,10,19H,1-3,6-7,17H2. The fourth-order valence-corrected chi connectivity index (χ4v) is 3.69. The van der Waals surface area contributed by atoms with E-state index in [0.717, 1.165) is 24.0 Å². The van der Waals surface area contributed by atoms with Gasteiger partial charge in [-0.15, -0.1) is 11.3 Å². The third-order valence-electron chi connectivity index (χ3n) is 4.00. The molecule has 0 bridgehead atoms. The number of carbonyl (C=O) groups is 1. The molecule has 1 aliphatic carbocycles. The van der Waals surface area contributed by atoms with Crippen LogP contribution in [0.25, 0.3) is 10.1 Å². The summed E-state index contributed by atoms with van der Waals surface area (Å²) in [5.74, 6) is -0.523. The summed E-state index contributed by atoms with van der Waals surface area (Å²) >= 11 is 1.28. The van der Waals surface area contributed by atoms with E-state index in [2.05, 4.69) is 0 Å². The third kappa shape index (κ3) is 2.49. The molecule has 1 amide bonds. The Balaban J connectivity index is 1.97. The summed E-state index contributed by atoms with van der Waals surface area (Å²) in [5, 5.41) is 9.76. The molecule has 0 saturated heterocycles. The molecule has 0 atom stereocenters. The number of nitrogens with zero attached hydrogens (tertiary/aromatic N) is 1.